The topological polar surface area (TPSA) is 34.0 Å². The number of halogens is 9. The molecule has 0 saturated heterocycles. The van der Waals surface area contributed by atoms with E-state index in [9.17, 15) is 39.5 Å². The minimum Gasteiger partial charge on any atom is -0.374 e. The molecule has 1 aliphatic heterocycles. The average Bonchev–Trinajstić information content (AvgIpc) is 3.23. The van der Waals surface area contributed by atoms with Crippen LogP contribution in [0.4, 0.5) is 45.2 Å². The van der Waals surface area contributed by atoms with E-state index >= 15 is 0 Å². The standard InChI is InChI=1S/C21H15F9N2OS2/c1-34-17(35-2)31-15-5-3-11(4-6-15)16-10-18(33-32-16,21(28,29)30)12-7-13(19(22,23)24)9-14(8-12)20(25,26)27/h3-9H,10H2,1-2H3. The van der Waals surface area contributed by atoms with Crippen LogP contribution < -0.4 is 0 Å². The smallest absolute Gasteiger partial charge is 0.374 e. The van der Waals surface area contributed by atoms with Crippen LogP contribution in [0, 0.1) is 0 Å². The molecule has 1 atom stereocenters. The van der Waals surface area contributed by atoms with Crippen molar-refractivity contribution in [1.29, 1.82) is 0 Å². The number of nitrogens with zero attached hydrogens (tertiary/aromatic N) is 2. The normalized spacial score (nSPS) is 18.8. The minimum atomic E-state index is -5.39. The molecule has 0 fully saturated rings. The zero-order valence-electron chi connectivity index (χ0n) is 17.8. The van der Waals surface area contributed by atoms with Gasteiger partial charge in [0, 0.05) is 12.0 Å². The number of hydrogen-bond acceptors (Lipinski definition) is 5. The average molecular weight is 546 g/mol. The van der Waals surface area contributed by atoms with Gasteiger partial charge in [0.25, 0.3) is 5.60 Å². The van der Waals surface area contributed by atoms with Gasteiger partial charge in [-0.3, -0.25) is 0 Å². The quantitative estimate of drug-likeness (QED) is 0.222. The van der Waals surface area contributed by atoms with Crippen molar-refractivity contribution in [2.45, 2.75) is 30.6 Å². The highest BCUT2D eigenvalue weighted by atomic mass is 32.2. The van der Waals surface area contributed by atoms with Crippen molar-refractivity contribution >= 4 is 39.3 Å². The first-order valence-electron chi connectivity index (χ1n) is 9.49. The Morgan fingerprint density at radius 3 is 1.80 bits per heavy atom. The number of aliphatic imine (C=N–C) groups is 1. The molecule has 0 bridgehead atoms. The number of rotatable bonds is 3. The van der Waals surface area contributed by atoms with Crippen LogP contribution in [0.15, 0.2) is 52.6 Å². The summed E-state index contributed by atoms with van der Waals surface area (Å²) in [6.07, 6.45) is -13.5. The number of oxime groups is 1. The largest absolute Gasteiger partial charge is 0.435 e. The van der Waals surface area contributed by atoms with Crippen molar-refractivity contribution in [1.82, 2.24) is 0 Å². The lowest BCUT2D eigenvalue weighted by atomic mass is 9.84. The number of alkyl halides is 9. The van der Waals surface area contributed by atoms with E-state index in [0.29, 0.717) is 5.69 Å². The summed E-state index contributed by atoms with van der Waals surface area (Å²) < 4.78 is 123. The third-order valence-corrected chi connectivity index (χ3v) is 6.89. The number of thioether (sulfide) groups is 2. The van der Waals surface area contributed by atoms with Crippen molar-refractivity contribution < 1.29 is 44.4 Å². The van der Waals surface area contributed by atoms with E-state index in [1.165, 1.54) is 47.8 Å². The van der Waals surface area contributed by atoms with Crippen LogP contribution in [0.25, 0.3) is 0 Å². The van der Waals surface area contributed by atoms with Gasteiger partial charge >= 0.3 is 18.5 Å². The Hall–Kier alpha value is -2.35. The third kappa shape index (κ3) is 5.74. The molecular weight excluding hydrogens is 531 g/mol. The monoisotopic (exact) mass is 546 g/mol. The Kier molecular flexibility index (Phi) is 7.47. The van der Waals surface area contributed by atoms with E-state index < -0.39 is 47.2 Å². The second kappa shape index (κ2) is 9.60. The zero-order chi connectivity index (χ0) is 26.2. The highest BCUT2D eigenvalue weighted by Gasteiger charge is 2.63. The van der Waals surface area contributed by atoms with Crippen LogP contribution in [0.1, 0.15) is 28.7 Å². The Labute approximate surface area is 201 Å². The second-order valence-corrected chi connectivity index (χ2v) is 9.11. The molecule has 3 nitrogen and oxygen atoms in total. The van der Waals surface area contributed by atoms with Gasteiger partial charge in [-0.2, -0.15) is 39.5 Å². The van der Waals surface area contributed by atoms with Crippen LogP contribution in [0.3, 0.4) is 0 Å². The zero-order valence-corrected chi connectivity index (χ0v) is 19.4. The number of hydrogen-bond donors (Lipinski definition) is 0. The van der Waals surface area contributed by atoms with E-state index in [0.717, 1.165) is 4.38 Å². The molecule has 0 aliphatic carbocycles. The summed E-state index contributed by atoms with van der Waals surface area (Å²) in [4.78, 5) is 8.94. The van der Waals surface area contributed by atoms with Gasteiger partial charge < -0.3 is 4.84 Å². The summed E-state index contributed by atoms with van der Waals surface area (Å²) in [5, 5.41) is 3.40. The molecule has 0 spiro atoms. The van der Waals surface area contributed by atoms with Crippen LogP contribution in [0.2, 0.25) is 0 Å². The molecule has 14 heteroatoms. The summed E-state index contributed by atoms with van der Waals surface area (Å²) in [6.45, 7) is 0. The summed E-state index contributed by atoms with van der Waals surface area (Å²) in [5.41, 5.74) is -8.32. The van der Waals surface area contributed by atoms with Gasteiger partial charge in [0.2, 0.25) is 0 Å². The molecule has 0 aromatic heterocycles. The van der Waals surface area contributed by atoms with E-state index in [4.69, 9.17) is 0 Å². The van der Waals surface area contributed by atoms with Crippen molar-refractivity contribution in [2.75, 3.05) is 12.5 Å². The Morgan fingerprint density at radius 1 is 0.857 bits per heavy atom. The highest BCUT2D eigenvalue weighted by Crippen LogP contribution is 2.50. The molecule has 1 aliphatic rings. The van der Waals surface area contributed by atoms with E-state index in [1.807, 2.05) is 12.5 Å². The summed E-state index contributed by atoms with van der Waals surface area (Å²) in [5.74, 6) is 0. The molecule has 0 radical (unpaired) electrons. The SMILES string of the molecule is CSC(=Nc1ccc(C2=NOC(c3cc(C(F)(F)F)cc(C(F)(F)F)c3)(C(F)(F)F)C2)cc1)SC. The third-order valence-electron chi connectivity index (χ3n) is 5.01. The van der Waals surface area contributed by atoms with Crippen LogP contribution in [-0.4, -0.2) is 28.8 Å². The number of benzene rings is 2. The maximum atomic E-state index is 14.1. The lowest BCUT2D eigenvalue weighted by molar-refractivity contribution is -0.276. The first-order valence-corrected chi connectivity index (χ1v) is 11.9. The van der Waals surface area contributed by atoms with Crippen LogP contribution in [-0.2, 0) is 22.8 Å². The molecule has 2 aromatic rings. The molecular formula is C21H15F9N2OS2. The molecule has 0 amide bonds. The fourth-order valence-corrected chi connectivity index (χ4v) is 4.32. The van der Waals surface area contributed by atoms with Gasteiger partial charge in [-0.05, 0) is 48.4 Å². The lowest BCUT2D eigenvalue weighted by Crippen LogP contribution is -2.43. The summed E-state index contributed by atoms with van der Waals surface area (Å²) in [6, 6.07) is 5.52. The first-order chi connectivity index (χ1) is 16.1. The first kappa shape index (κ1) is 27.2. The van der Waals surface area contributed by atoms with Gasteiger partial charge in [-0.25, -0.2) is 4.99 Å². The van der Waals surface area contributed by atoms with Gasteiger partial charge in [-0.1, -0.05) is 17.3 Å². The van der Waals surface area contributed by atoms with Gasteiger partial charge in [0.15, 0.2) is 0 Å². The van der Waals surface area contributed by atoms with Gasteiger partial charge in [0.05, 0.1) is 22.5 Å². The van der Waals surface area contributed by atoms with Crippen LogP contribution >= 0.6 is 23.5 Å². The molecule has 35 heavy (non-hydrogen) atoms. The van der Waals surface area contributed by atoms with Crippen LogP contribution in [0.5, 0.6) is 0 Å². The summed E-state index contributed by atoms with van der Waals surface area (Å²) in [7, 11) is 0. The fraction of sp³-hybridized carbons (Fsp3) is 0.333. The van der Waals surface area contributed by atoms with Gasteiger partial charge in [-0.15, -0.1) is 23.5 Å². The molecule has 0 N–H and O–H groups in total. The van der Waals surface area contributed by atoms with E-state index in [1.54, 1.807) is 0 Å². The van der Waals surface area contributed by atoms with Crippen molar-refractivity contribution in [3.63, 3.8) is 0 Å². The lowest BCUT2D eigenvalue weighted by Gasteiger charge is -2.30. The van der Waals surface area contributed by atoms with Crippen molar-refractivity contribution in [3.05, 3.63) is 64.7 Å². The van der Waals surface area contributed by atoms with Gasteiger partial charge in [0.1, 0.15) is 4.38 Å². The second-order valence-electron chi connectivity index (χ2n) is 7.26. The molecule has 3 rings (SSSR count). The summed E-state index contributed by atoms with van der Waals surface area (Å²) >= 11 is 2.77. The molecule has 2 aromatic carbocycles. The Balaban J connectivity index is 2.05. The van der Waals surface area contributed by atoms with E-state index in [2.05, 4.69) is 15.0 Å². The maximum Gasteiger partial charge on any atom is 0.435 e. The predicted molar refractivity (Wildman–Crippen MR) is 117 cm³/mol. The Morgan fingerprint density at radius 2 is 1.37 bits per heavy atom. The molecule has 1 heterocycles. The molecule has 1 unspecified atom stereocenters. The molecule has 190 valence electrons. The maximum absolute atomic E-state index is 14.1. The van der Waals surface area contributed by atoms with Crippen molar-refractivity contribution in [3.8, 4) is 0 Å². The fourth-order valence-electron chi connectivity index (χ4n) is 3.26. The Bertz CT molecular complexity index is 1100. The van der Waals surface area contributed by atoms with E-state index in [-0.39, 0.29) is 29.5 Å². The highest BCUT2D eigenvalue weighted by molar-refractivity contribution is 8.38. The van der Waals surface area contributed by atoms with Crippen molar-refractivity contribution in [2.24, 2.45) is 10.1 Å². The predicted octanol–water partition coefficient (Wildman–Crippen LogP) is 8.02. The minimum absolute atomic E-state index is 0.00532. The molecule has 0 saturated carbocycles.